The van der Waals surface area contributed by atoms with Crippen LogP contribution < -0.4 is 9.47 Å². The van der Waals surface area contributed by atoms with Gasteiger partial charge in [-0.15, -0.1) is 0 Å². The number of benzene rings is 2. The zero-order valence-corrected chi connectivity index (χ0v) is 18.8. The molecule has 0 saturated carbocycles. The standard InChI is InChI=1S/C24H26ClNO6/c1-3-4-10-26-21(15-6-5-7-17(13-15)32-12-11-27)20(23(29)24(26)30)22(28)18-14-16(31-2)8-9-19(18)25/h5-9,13-14,21,27-28H,3-4,10-12H2,1-2H3/b22-20+. The van der Waals surface area contributed by atoms with E-state index in [1.807, 2.05) is 6.92 Å². The number of ketones is 1. The second-order valence-electron chi connectivity index (χ2n) is 7.34. The molecule has 1 aliphatic rings. The molecule has 3 rings (SSSR count). The van der Waals surface area contributed by atoms with Gasteiger partial charge in [-0.2, -0.15) is 0 Å². The van der Waals surface area contributed by atoms with Gasteiger partial charge < -0.3 is 24.6 Å². The molecule has 1 amide bonds. The van der Waals surface area contributed by atoms with E-state index in [1.165, 1.54) is 18.1 Å². The van der Waals surface area contributed by atoms with Crippen molar-refractivity contribution in [3.05, 3.63) is 64.2 Å². The van der Waals surface area contributed by atoms with Crippen molar-refractivity contribution in [1.29, 1.82) is 0 Å². The first-order valence-corrected chi connectivity index (χ1v) is 10.8. The highest BCUT2D eigenvalue weighted by molar-refractivity contribution is 6.47. The van der Waals surface area contributed by atoms with E-state index < -0.39 is 17.7 Å². The van der Waals surface area contributed by atoms with Crippen LogP contribution in [0.25, 0.3) is 5.76 Å². The van der Waals surface area contributed by atoms with Crippen LogP contribution in [0.4, 0.5) is 0 Å². The number of carbonyl (C=O) groups is 2. The molecule has 1 heterocycles. The Labute approximate surface area is 191 Å². The van der Waals surface area contributed by atoms with Crippen molar-refractivity contribution in [2.75, 3.05) is 26.9 Å². The fourth-order valence-corrected chi connectivity index (χ4v) is 3.89. The number of aliphatic hydroxyl groups excluding tert-OH is 2. The normalized spacial score (nSPS) is 17.6. The molecular weight excluding hydrogens is 434 g/mol. The predicted molar refractivity (Wildman–Crippen MR) is 121 cm³/mol. The first kappa shape index (κ1) is 23.6. The average molecular weight is 460 g/mol. The molecular formula is C24H26ClNO6. The van der Waals surface area contributed by atoms with Gasteiger partial charge in [0.15, 0.2) is 0 Å². The van der Waals surface area contributed by atoms with E-state index in [9.17, 15) is 14.7 Å². The maximum Gasteiger partial charge on any atom is 0.295 e. The number of ether oxygens (including phenoxy) is 2. The highest BCUT2D eigenvalue weighted by Gasteiger charge is 2.46. The van der Waals surface area contributed by atoms with Gasteiger partial charge in [-0.3, -0.25) is 9.59 Å². The number of aliphatic hydroxyl groups is 2. The molecule has 32 heavy (non-hydrogen) atoms. The van der Waals surface area contributed by atoms with Gasteiger partial charge in [0.1, 0.15) is 23.9 Å². The zero-order chi connectivity index (χ0) is 23.3. The van der Waals surface area contributed by atoms with Crippen LogP contribution in [-0.2, 0) is 9.59 Å². The Morgan fingerprint density at radius 3 is 2.62 bits per heavy atom. The summed E-state index contributed by atoms with van der Waals surface area (Å²) in [6, 6.07) is 10.8. The number of carbonyl (C=O) groups excluding carboxylic acids is 2. The van der Waals surface area contributed by atoms with Crippen molar-refractivity contribution in [3.63, 3.8) is 0 Å². The summed E-state index contributed by atoms with van der Waals surface area (Å²) in [6.07, 6.45) is 1.53. The van der Waals surface area contributed by atoms with Crippen LogP contribution in [0.1, 0.15) is 36.9 Å². The van der Waals surface area contributed by atoms with Crippen molar-refractivity contribution in [2.45, 2.75) is 25.8 Å². The lowest BCUT2D eigenvalue weighted by Gasteiger charge is -2.25. The maximum atomic E-state index is 13.1. The van der Waals surface area contributed by atoms with Crippen LogP contribution in [0, 0.1) is 0 Å². The Morgan fingerprint density at radius 1 is 1.16 bits per heavy atom. The van der Waals surface area contributed by atoms with Gasteiger partial charge in [0.25, 0.3) is 11.7 Å². The van der Waals surface area contributed by atoms with E-state index in [4.69, 9.17) is 26.2 Å². The highest BCUT2D eigenvalue weighted by atomic mass is 35.5. The smallest absolute Gasteiger partial charge is 0.295 e. The first-order valence-electron chi connectivity index (χ1n) is 10.4. The summed E-state index contributed by atoms with van der Waals surface area (Å²) in [5.74, 6) is -0.878. The van der Waals surface area contributed by atoms with Crippen LogP contribution in [0.2, 0.25) is 5.02 Å². The lowest BCUT2D eigenvalue weighted by molar-refractivity contribution is -0.139. The second kappa shape index (κ2) is 10.5. The SMILES string of the molecule is CCCCN1C(=O)C(=O)/C(=C(/O)c2cc(OC)ccc2Cl)C1c1cccc(OCCO)c1. The summed E-state index contributed by atoms with van der Waals surface area (Å²) in [7, 11) is 1.48. The van der Waals surface area contributed by atoms with Gasteiger partial charge in [-0.25, -0.2) is 0 Å². The van der Waals surface area contributed by atoms with Crippen molar-refractivity contribution in [3.8, 4) is 11.5 Å². The van der Waals surface area contributed by atoms with E-state index in [1.54, 1.807) is 36.4 Å². The molecule has 2 N–H and O–H groups in total. The number of methoxy groups -OCH3 is 1. The number of nitrogens with zero attached hydrogens (tertiary/aromatic N) is 1. The lowest BCUT2D eigenvalue weighted by Crippen LogP contribution is -2.30. The van der Waals surface area contributed by atoms with E-state index in [0.717, 1.165) is 6.42 Å². The number of amides is 1. The molecule has 0 aromatic heterocycles. The van der Waals surface area contributed by atoms with Crippen LogP contribution in [-0.4, -0.2) is 53.7 Å². The van der Waals surface area contributed by atoms with E-state index in [0.29, 0.717) is 30.0 Å². The lowest BCUT2D eigenvalue weighted by atomic mass is 9.95. The summed E-state index contributed by atoms with van der Waals surface area (Å²) in [5, 5.41) is 20.4. The number of hydrogen-bond donors (Lipinski definition) is 2. The quantitative estimate of drug-likeness (QED) is 0.335. The average Bonchev–Trinajstić information content (AvgIpc) is 3.06. The molecule has 2 aromatic carbocycles. The van der Waals surface area contributed by atoms with Gasteiger partial charge in [0, 0.05) is 12.1 Å². The molecule has 2 aromatic rings. The van der Waals surface area contributed by atoms with Crippen molar-refractivity contribution >= 4 is 29.1 Å². The molecule has 0 radical (unpaired) electrons. The zero-order valence-electron chi connectivity index (χ0n) is 18.0. The molecule has 1 saturated heterocycles. The summed E-state index contributed by atoms with van der Waals surface area (Å²) in [4.78, 5) is 27.4. The molecule has 0 aliphatic carbocycles. The number of unbranched alkanes of at least 4 members (excludes halogenated alkanes) is 1. The fourth-order valence-electron chi connectivity index (χ4n) is 3.68. The summed E-state index contributed by atoms with van der Waals surface area (Å²) in [6.45, 7) is 2.31. The van der Waals surface area contributed by atoms with E-state index >= 15 is 0 Å². The summed E-state index contributed by atoms with van der Waals surface area (Å²) >= 11 is 6.30. The summed E-state index contributed by atoms with van der Waals surface area (Å²) < 4.78 is 10.7. The molecule has 0 spiro atoms. The number of likely N-dealkylation sites (tertiary alicyclic amines) is 1. The third-order valence-corrected chi connectivity index (χ3v) is 5.58. The molecule has 8 heteroatoms. The van der Waals surface area contributed by atoms with Crippen LogP contribution in [0.15, 0.2) is 48.0 Å². The fraction of sp³-hybridized carbons (Fsp3) is 0.333. The Kier molecular flexibility index (Phi) is 7.77. The third-order valence-electron chi connectivity index (χ3n) is 5.26. The Morgan fingerprint density at radius 2 is 1.94 bits per heavy atom. The molecule has 0 bridgehead atoms. The van der Waals surface area contributed by atoms with Gasteiger partial charge in [-0.1, -0.05) is 37.1 Å². The Hall–Kier alpha value is -3.03. The number of rotatable bonds is 9. The second-order valence-corrected chi connectivity index (χ2v) is 7.74. The van der Waals surface area contributed by atoms with Crippen LogP contribution >= 0.6 is 11.6 Å². The molecule has 7 nitrogen and oxygen atoms in total. The van der Waals surface area contributed by atoms with Gasteiger partial charge >= 0.3 is 0 Å². The van der Waals surface area contributed by atoms with Gasteiger partial charge in [-0.05, 0) is 42.3 Å². The number of Topliss-reactive ketones (excluding diaryl/α,β-unsaturated/α-hetero) is 1. The van der Waals surface area contributed by atoms with Crippen LogP contribution in [0.3, 0.4) is 0 Å². The number of hydrogen-bond acceptors (Lipinski definition) is 6. The van der Waals surface area contributed by atoms with Crippen molar-refractivity contribution < 1.29 is 29.3 Å². The van der Waals surface area contributed by atoms with Crippen LogP contribution in [0.5, 0.6) is 11.5 Å². The highest BCUT2D eigenvalue weighted by Crippen LogP contribution is 2.41. The topological polar surface area (TPSA) is 96.3 Å². The third kappa shape index (κ3) is 4.74. The summed E-state index contributed by atoms with van der Waals surface area (Å²) in [5.41, 5.74) is 0.772. The monoisotopic (exact) mass is 459 g/mol. The molecule has 170 valence electrons. The molecule has 1 fully saturated rings. The molecule has 1 aliphatic heterocycles. The minimum Gasteiger partial charge on any atom is -0.507 e. The molecule has 1 atom stereocenters. The minimum absolute atomic E-state index is 0.0411. The minimum atomic E-state index is -0.804. The number of halogens is 1. The van der Waals surface area contributed by atoms with E-state index in [-0.39, 0.29) is 35.1 Å². The molecule has 1 unspecified atom stereocenters. The Balaban J connectivity index is 2.17. The Bertz CT molecular complexity index is 1030. The largest absolute Gasteiger partial charge is 0.507 e. The predicted octanol–water partition coefficient (Wildman–Crippen LogP) is 3.94. The first-order chi connectivity index (χ1) is 15.4. The van der Waals surface area contributed by atoms with E-state index in [2.05, 4.69) is 0 Å². The van der Waals surface area contributed by atoms with Gasteiger partial charge in [0.05, 0.1) is 30.4 Å². The van der Waals surface area contributed by atoms with Gasteiger partial charge in [0.2, 0.25) is 0 Å². The van der Waals surface area contributed by atoms with Crippen molar-refractivity contribution in [2.24, 2.45) is 0 Å². The maximum absolute atomic E-state index is 13.1. The van der Waals surface area contributed by atoms with Crippen molar-refractivity contribution in [1.82, 2.24) is 4.90 Å².